The van der Waals surface area contributed by atoms with Crippen molar-refractivity contribution in [1.29, 1.82) is 0 Å². The molecule has 9 heteroatoms. The van der Waals surface area contributed by atoms with Crippen LogP contribution < -0.4 is 0 Å². The Labute approximate surface area is 212 Å². The lowest BCUT2D eigenvalue weighted by molar-refractivity contribution is -0.274. The number of hydrogen-bond acceptors (Lipinski definition) is 9. The van der Waals surface area contributed by atoms with Gasteiger partial charge in [-0.25, -0.2) is 0 Å². The molecule has 4 aliphatic rings. The minimum Gasteiger partial charge on any atom is -0.465 e. The Bertz CT molecular complexity index is 890. The summed E-state index contributed by atoms with van der Waals surface area (Å²) in [5.74, 6) is -1.67. The van der Waals surface area contributed by atoms with E-state index in [0.29, 0.717) is 51.4 Å². The molecule has 0 bridgehead atoms. The summed E-state index contributed by atoms with van der Waals surface area (Å²) >= 11 is 0. The van der Waals surface area contributed by atoms with Crippen LogP contribution in [0.4, 0.5) is 0 Å². The third kappa shape index (κ3) is 4.25. The quantitative estimate of drug-likeness (QED) is 0.363. The molecule has 0 aromatic carbocycles. The summed E-state index contributed by atoms with van der Waals surface area (Å²) in [7, 11) is 0. The zero-order chi connectivity index (χ0) is 26.5. The number of rotatable bonds is 6. The molecule has 9 atom stereocenters. The van der Waals surface area contributed by atoms with E-state index in [9.17, 15) is 29.7 Å². The van der Waals surface area contributed by atoms with Crippen LogP contribution in [0.15, 0.2) is 0 Å². The molecule has 4 aliphatic carbocycles. The molecule has 4 rings (SSSR count). The van der Waals surface area contributed by atoms with E-state index in [4.69, 9.17) is 14.2 Å². The van der Waals surface area contributed by atoms with E-state index in [-0.39, 0.29) is 43.4 Å². The summed E-state index contributed by atoms with van der Waals surface area (Å²) in [5.41, 5.74) is -3.56. The van der Waals surface area contributed by atoms with Gasteiger partial charge in [0.15, 0.2) is 0 Å². The van der Waals surface area contributed by atoms with E-state index in [1.54, 1.807) is 0 Å². The van der Waals surface area contributed by atoms with Crippen molar-refractivity contribution in [2.75, 3.05) is 13.2 Å². The Hall–Kier alpha value is -1.71. The summed E-state index contributed by atoms with van der Waals surface area (Å²) in [5, 5.41) is 35.3. The molecule has 36 heavy (non-hydrogen) atoms. The van der Waals surface area contributed by atoms with Crippen LogP contribution in [0, 0.1) is 28.6 Å². The summed E-state index contributed by atoms with van der Waals surface area (Å²) in [6.45, 7) is 6.05. The molecule has 0 saturated heterocycles. The predicted octanol–water partition coefficient (Wildman–Crippen LogP) is 2.27. The smallest absolute Gasteiger partial charge is 0.302 e. The molecule has 204 valence electrons. The van der Waals surface area contributed by atoms with Gasteiger partial charge in [-0.3, -0.25) is 14.4 Å². The molecular formula is C27H42O9. The standard InChI is InChI=1S/C27H42O9/c1-16(28)34-14-23(31)22-8-12-27(33)21-7-11-26(32)13-19(36-18(3)30)5-10-25(26,15-35-17(2)29)20(21)6-9-24(22,27)4/h19-23,31-33H,5-15H2,1-4H3. The number of esters is 3. The lowest BCUT2D eigenvalue weighted by Gasteiger charge is -2.66. The van der Waals surface area contributed by atoms with Crippen LogP contribution in [0.1, 0.15) is 85.5 Å². The molecule has 0 aromatic rings. The maximum atomic E-state index is 12.3. The van der Waals surface area contributed by atoms with Gasteiger partial charge in [-0.1, -0.05) is 6.92 Å². The van der Waals surface area contributed by atoms with Crippen molar-refractivity contribution in [1.82, 2.24) is 0 Å². The Morgan fingerprint density at radius 1 is 0.861 bits per heavy atom. The Kier molecular flexibility index (Phi) is 7.25. The van der Waals surface area contributed by atoms with Gasteiger partial charge >= 0.3 is 17.9 Å². The average molecular weight is 511 g/mol. The molecule has 4 fully saturated rings. The number of ether oxygens (including phenoxy) is 3. The highest BCUT2D eigenvalue weighted by atomic mass is 16.5. The zero-order valence-electron chi connectivity index (χ0n) is 22.0. The minimum atomic E-state index is -1.18. The number of carbonyl (C=O) groups is 3. The van der Waals surface area contributed by atoms with Crippen LogP contribution in [0.25, 0.3) is 0 Å². The largest absolute Gasteiger partial charge is 0.465 e. The van der Waals surface area contributed by atoms with Gasteiger partial charge in [-0.2, -0.15) is 0 Å². The van der Waals surface area contributed by atoms with Crippen molar-refractivity contribution >= 4 is 17.9 Å². The van der Waals surface area contributed by atoms with Gasteiger partial charge < -0.3 is 29.5 Å². The Balaban J connectivity index is 1.64. The Morgan fingerprint density at radius 2 is 1.53 bits per heavy atom. The number of carbonyl (C=O) groups excluding carboxylic acids is 3. The number of hydrogen-bond donors (Lipinski definition) is 3. The SMILES string of the molecule is CC(=O)OCC(O)C1CCC2(O)C3CCC4(O)CC(OC(C)=O)CCC4(COC(C)=O)C3CCC12C. The molecule has 9 nitrogen and oxygen atoms in total. The normalized spacial score (nSPS) is 44.4. The van der Waals surface area contributed by atoms with Crippen molar-refractivity contribution in [3.8, 4) is 0 Å². The fourth-order valence-electron chi connectivity index (χ4n) is 8.83. The van der Waals surface area contributed by atoms with Crippen LogP contribution in [0.5, 0.6) is 0 Å². The van der Waals surface area contributed by atoms with Crippen molar-refractivity contribution in [2.45, 2.75) is 109 Å². The Morgan fingerprint density at radius 3 is 2.17 bits per heavy atom. The molecule has 3 N–H and O–H groups in total. The third-order valence-corrected chi connectivity index (χ3v) is 10.5. The molecule has 0 spiro atoms. The fraction of sp³-hybridized carbons (Fsp3) is 0.889. The number of aliphatic hydroxyl groups is 3. The molecule has 0 heterocycles. The third-order valence-electron chi connectivity index (χ3n) is 10.5. The molecule has 9 unspecified atom stereocenters. The first-order chi connectivity index (χ1) is 16.8. The van der Waals surface area contributed by atoms with Crippen LogP contribution in [0.2, 0.25) is 0 Å². The van der Waals surface area contributed by atoms with Gasteiger partial charge in [-0.15, -0.1) is 0 Å². The average Bonchev–Trinajstić information content (AvgIpc) is 3.06. The van der Waals surface area contributed by atoms with Crippen LogP contribution >= 0.6 is 0 Å². The molecule has 0 aromatic heterocycles. The maximum Gasteiger partial charge on any atom is 0.302 e. The van der Waals surface area contributed by atoms with Gasteiger partial charge in [0.1, 0.15) is 12.7 Å². The van der Waals surface area contributed by atoms with E-state index in [0.717, 1.165) is 0 Å². The topological polar surface area (TPSA) is 140 Å². The molecule has 0 aliphatic heterocycles. The summed E-state index contributed by atoms with van der Waals surface area (Å²) in [6.07, 6.45) is 3.61. The summed E-state index contributed by atoms with van der Waals surface area (Å²) in [6, 6.07) is 0. The maximum absolute atomic E-state index is 12.3. The highest BCUT2D eigenvalue weighted by Gasteiger charge is 2.72. The van der Waals surface area contributed by atoms with Gasteiger partial charge in [-0.05, 0) is 69.1 Å². The first-order valence-electron chi connectivity index (χ1n) is 13.3. The number of fused-ring (bicyclic) bond motifs is 5. The summed E-state index contributed by atoms with van der Waals surface area (Å²) < 4.78 is 16.1. The number of aliphatic hydroxyl groups excluding tert-OH is 1. The van der Waals surface area contributed by atoms with Crippen molar-refractivity contribution in [2.24, 2.45) is 28.6 Å². The second kappa shape index (κ2) is 9.55. The lowest BCUT2D eigenvalue weighted by Crippen LogP contribution is -2.69. The lowest BCUT2D eigenvalue weighted by atomic mass is 9.41. The molecule has 4 saturated carbocycles. The minimum absolute atomic E-state index is 0.0676. The second-order valence-electron chi connectivity index (χ2n) is 12.1. The first-order valence-corrected chi connectivity index (χ1v) is 13.3. The highest BCUT2D eigenvalue weighted by Crippen LogP contribution is 2.70. The summed E-state index contributed by atoms with van der Waals surface area (Å²) in [4.78, 5) is 34.8. The van der Waals surface area contributed by atoms with Crippen LogP contribution in [-0.4, -0.2) is 69.9 Å². The molecule has 0 amide bonds. The fourth-order valence-corrected chi connectivity index (χ4v) is 8.83. The van der Waals surface area contributed by atoms with Crippen molar-refractivity contribution in [3.05, 3.63) is 0 Å². The van der Waals surface area contributed by atoms with Gasteiger partial charge in [0.2, 0.25) is 0 Å². The van der Waals surface area contributed by atoms with Gasteiger partial charge in [0.05, 0.1) is 23.9 Å². The van der Waals surface area contributed by atoms with Gasteiger partial charge in [0, 0.05) is 38.0 Å². The second-order valence-corrected chi connectivity index (χ2v) is 12.1. The van der Waals surface area contributed by atoms with E-state index in [2.05, 4.69) is 0 Å². The molecular weight excluding hydrogens is 468 g/mol. The van der Waals surface area contributed by atoms with E-state index in [1.165, 1.54) is 20.8 Å². The van der Waals surface area contributed by atoms with Crippen LogP contribution in [-0.2, 0) is 28.6 Å². The van der Waals surface area contributed by atoms with E-state index >= 15 is 0 Å². The van der Waals surface area contributed by atoms with Gasteiger partial charge in [0.25, 0.3) is 0 Å². The zero-order valence-corrected chi connectivity index (χ0v) is 22.0. The van der Waals surface area contributed by atoms with E-state index < -0.39 is 46.2 Å². The predicted molar refractivity (Wildman–Crippen MR) is 127 cm³/mol. The van der Waals surface area contributed by atoms with E-state index in [1.807, 2.05) is 6.92 Å². The monoisotopic (exact) mass is 510 g/mol. The molecule has 0 radical (unpaired) electrons. The van der Waals surface area contributed by atoms with Crippen molar-refractivity contribution < 1.29 is 43.9 Å². The first kappa shape index (κ1) is 27.3. The van der Waals surface area contributed by atoms with Crippen LogP contribution in [0.3, 0.4) is 0 Å². The highest BCUT2D eigenvalue weighted by molar-refractivity contribution is 5.66. The van der Waals surface area contributed by atoms with Crippen molar-refractivity contribution in [3.63, 3.8) is 0 Å².